The quantitative estimate of drug-likeness (QED) is 0.706. The van der Waals surface area contributed by atoms with Crippen LogP contribution in [0.5, 0.6) is 5.75 Å². The Morgan fingerprint density at radius 2 is 2.31 bits per heavy atom. The van der Waals surface area contributed by atoms with Crippen LogP contribution in [0.3, 0.4) is 0 Å². The molecule has 68 valence electrons. The third-order valence-electron chi connectivity index (χ3n) is 2.19. The minimum atomic E-state index is 0.698. The number of ether oxygens (including phenoxy) is 1. The molecule has 1 aromatic rings. The molecule has 1 heterocycles. The van der Waals surface area contributed by atoms with Gasteiger partial charge in [0.25, 0.3) is 0 Å². The van der Waals surface area contributed by atoms with Crippen molar-refractivity contribution >= 4 is 22.2 Å². The molecule has 0 aromatic heterocycles. The number of fused-ring (bicyclic) bond motifs is 1. The Labute approximate surface area is 85.0 Å². The Balaban J connectivity index is 2.54. The van der Waals surface area contributed by atoms with Crippen molar-refractivity contribution in [1.29, 1.82) is 0 Å². The van der Waals surface area contributed by atoms with Crippen molar-refractivity contribution in [2.24, 2.45) is 0 Å². The molecule has 2 nitrogen and oxygen atoms in total. The van der Waals surface area contributed by atoms with Gasteiger partial charge in [0.2, 0.25) is 0 Å². The van der Waals surface area contributed by atoms with E-state index in [2.05, 4.69) is 15.9 Å². The van der Waals surface area contributed by atoms with Crippen LogP contribution >= 0.6 is 15.9 Å². The van der Waals surface area contributed by atoms with E-state index in [1.54, 1.807) is 6.07 Å². The number of halogens is 1. The summed E-state index contributed by atoms with van der Waals surface area (Å²) in [5.74, 6) is 0.906. The molecule has 0 fully saturated rings. The molecule has 0 bridgehead atoms. The molecule has 0 radical (unpaired) electrons. The molecule has 0 aliphatic carbocycles. The van der Waals surface area contributed by atoms with Crippen molar-refractivity contribution < 1.29 is 9.53 Å². The lowest BCUT2D eigenvalue weighted by atomic mass is 10.0. The van der Waals surface area contributed by atoms with Gasteiger partial charge in [-0.15, -0.1) is 0 Å². The average Bonchev–Trinajstić information content (AvgIpc) is 2.19. The van der Waals surface area contributed by atoms with Crippen LogP contribution in [0, 0.1) is 0 Å². The fraction of sp³-hybridized carbons (Fsp3) is 0.300. The Hall–Kier alpha value is -0.830. The van der Waals surface area contributed by atoms with Crippen molar-refractivity contribution in [3.8, 4) is 5.75 Å². The second-order valence-electron chi connectivity index (χ2n) is 3.02. The lowest BCUT2D eigenvalue weighted by Crippen LogP contribution is -2.09. The van der Waals surface area contributed by atoms with E-state index in [1.807, 2.05) is 6.07 Å². The number of aldehydes is 1. The van der Waals surface area contributed by atoms with Crippen molar-refractivity contribution in [2.75, 3.05) is 6.61 Å². The summed E-state index contributed by atoms with van der Waals surface area (Å²) in [6.45, 7) is 0.778. The van der Waals surface area contributed by atoms with Gasteiger partial charge in [-0.2, -0.15) is 0 Å². The summed E-state index contributed by atoms with van der Waals surface area (Å²) in [5, 5.41) is 0. The number of carbonyl (C=O) groups is 1. The van der Waals surface area contributed by atoms with Gasteiger partial charge in [-0.05, 0) is 40.9 Å². The lowest BCUT2D eigenvalue weighted by molar-refractivity contribution is 0.112. The van der Waals surface area contributed by atoms with Crippen molar-refractivity contribution in [1.82, 2.24) is 0 Å². The predicted molar refractivity (Wildman–Crippen MR) is 53.3 cm³/mol. The molecule has 0 atom stereocenters. The van der Waals surface area contributed by atoms with Crippen LogP contribution in [0.15, 0.2) is 16.6 Å². The first kappa shape index (κ1) is 8.75. The second kappa shape index (κ2) is 3.50. The van der Waals surface area contributed by atoms with Gasteiger partial charge in [-0.3, -0.25) is 4.79 Å². The van der Waals surface area contributed by atoms with Gasteiger partial charge in [0.05, 0.1) is 6.61 Å². The smallest absolute Gasteiger partial charge is 0.151 e. The number of carbonyl (C=O) groups excluding carboxylic acids is 1. The molecule has 1 aliphatic rings. The summed E-state index contributed by atoms with van der Waals surface area (Å²) in [7, 11) is 0. The summed E-state index contributed by atoms with van der Waals surface area (Å²) in [5.41, 5.74) is 1.82. The molecule has 0 saturated heterocycles. The molecule has 0 saturated carbocycles. The molecule has 3 heteroatoms. The van der Waals surface area contributed by atoms with Crippen LogP contribution in [0.1, 0.15) is 22.3 Å². The van der Waals surface area contributed by atoms with E-state index in [4.69, 9.17) is 4.74 Å². The Kier molecular flexibility index (Phi) is 2.36. The SMILES string of the molecule is O=Cc1ccc2c(c1Br)CCCO2. The molecule has 0 unspecified atom stereocenters. The lowest BCUT2D eigenvalue weighted by Gasteiger charge is -2.18. The second-order valence-corrected chi connectivity index (χ2v) is 3.81. The summed E-state index contributed by atoms with van der Waals surface area (Å²) >= 11 is 3.42. The first-order valence-electron chi connectivity index (χ1n) is 4.22. The van der Waals surface area contributed by atoms with Crippen LogP contribution in [0.25, 0.3) is 0 Å². The third-order valence-corrected chi connectivity index (χ3v) is 3.12. The van der Waals surface area contributed by atoms with Gasteiger partial charge in [0.15, 0.2) is 6.29 Å². The zero-order valence-corrected chi connectivity index (χ0v) is 8.63. The average molecular weight is 241 g/mol. The van der Waals surface area contributed by atoms with Crippen molar-refractivity contribution in [3.05, 3.63) is 27.7 Å². The topological polar surface area (TPSA) is 26.3 Å². The maximum absolute atomic E-state index is 10.6. The van der Waals surface area contributed by atoms with Crippen LogP contribution in [0.4, 0.5) is 0 Å². The van der Waals surface area contributed by atoms with Gasteiger partial charge in [0.1, 0.15) is 5.75 Å². The minimum absolute atomic E-state index is 0.698. The fourth-order valence-electron chi connectivity index (χ4n) is 1.51. The summed E-state index contributed by atoms with van der Waals surface area (Å²) in [4.78, 5) is 10.6. The maximum Gasteiger partial charge on any atom is 0.151 e. The zero-order valence-electron chi connectivity index (χ0n) is 7.05. The van der Waals surface area contributed by atoms with Crippen molar-refractivity contribution in [3.63, 3.8) is 0 Å². The zero-order chi connectivity index (χ0) is 9.26. The van der Waals surface area contributed by atoms with Crippen LogP contribution < -0.4 is 4.74 Å². The Bertz CT molecular complexity index is 347. The summed E-state index contributed by atoms with van der Waals surface area (Å²) in [6.07, 6.45) is 2.87. The maximum atomic E-state index is 10.6. The Morgan fingerprint density at radius 3 is 3.08 bits per heavy atom. The van der Waals surface area contributed by atoms with Crippen molar-refractivity contribution in [2.45, 2.75) is 12.8 Å². The first-order chi connectivity index (χ1) is 6.33. The van der Waals surface area contributed by atoms with Crippen LogP contribution in [-0.4, -0.2) is 12.9 Å². The normalized spacial score (nSPS) is 14.5. The molecule has 0 amide bonds. The molecule has 1 aromatic carbocycles. The molecule has 0 spiro atoms. The first-order valence-corrected chi connectivity index (χ1v) is 5.01. The van der Waals surface area contributed by atoms with Crippen LogP contribution in [-0.2, 0) is 6.42 Å². The van der Waals surface area contributed by atoms with E-state index >= 15 is 0 Å². The number of hydrogen-bond donors (Lipinski definition) is 0. The van der Waals surface area contributed by atoms with E-state index in [1.165, 1.54) is 0 Å². The number of benzene rings is 1. The van der Waals surface area contributed by atoms with Gasteiger partial charge < -0.3 is 4.74 Å². The highest BCUT2D eigenvalue weighted by Crippen LogP contribution is 2.33. The summed E-state index contributed by atoms with van der Waals surface area (Å²) < 4.78 is 6.35. The minimum Gasteiger partial charge on any atom is -0.493 e. The van der Waals surface area contributed by atoms with E-state index in [0.717, 1.165) is 41.5 Å². The predicted octanol–water partition coefficient (Wildman–Crippen LogP) is 2.59. The van der Waals surface area contributed by atoms with Gasteiger partial charge in [0, 0.05) is 15.6 Å². The highest BCUT2D eigenvalue weighted by molar-refractivity contribution is 9.10. The number of hydrogen-bond acceptors (Lipinski definition) is 2. The van der Waals surface area contributed by atoms with Gasteiger partial charge in [-0.25, -0.2) is 0 Å². The fourth-order valence-corrected chi connectivity index (χ4v) is 2.13. The Morgan fingerprint density at radius 1 is 1.46 bits per heavy atom. The van der Waals surface area contributed by atoms with E-state index < -0.39 is 0 Å². The van der Waals surface area contributed by atoms with Gasteiger partial charge >= 0.3 is 0 Å². The standard InChI is InChI=1S/C10H9BrO2/c11-10-7(6-12)3-4-9-8(10)2-1-5-13-9/h3-4,6H,1-2,5H2. The van der Waals surface area contributed by atoms with E-state index in [0.29, 0.717) is 5.56 Å². The molecule has 2 rings (SSSR count). The largest absolute Gasteiger partial charge is 0.493 e. The summed E-state index contributed by atoms with van der Waals surface area (Å²) in [6, 6.07) is 3.64. The molecule has 13 heavy (non-hydrogen) atoms. The molecular weight excluding hydrogens is 232 g/mol. The highest BCUT2D eigenvalue weighted by Gasteiger charge is 2.15. The molecule has 0 N–H and O–H groups in total. The molecular formula is C10H9BrO2. The molecule has 1 aliphatic heterocycles. The van der Waals surface area contributed by atoms with E-state index in [9.17, 15) is 4.79 Å². The van der Waals surface area contributed by atoms with E-state index in [-0.39, 0.29) is 0 Å². The van der Waals surface area contributed by atoms with Gasteiger partial charge in [-0.1, -0.05) is 0 Å². The highest BCUT2D eigenvalue weighted by atomic mass is 79.9. The monoisotopic (exact) mass is 240 g/mol. The third kappa shape index (κ3) is 1.48. The van der Waals surface area contributed by atoms with Crippen LogP contribution in [0.2, 0.25) is 0 Å². The number of rotatable bonds is 1.